The van der Waals surface area contributed by atoms with Crippen LogP contribution in [0.3, 0.4) is 0 Å². The SMILES string of the molecule is CCOC(CNCc1cn[nH]c1-c1ccc(C)o1)OCC. The summed E-state index contributed by atoms with van der Waals surface area (Å²) in [5.41, 5.74) is 1.95. The Labute approximate surface area is 124 Å². The summed E-state index contributed by atoms with van der Waals surface area (Å²) in [5, 5.41) is 10.4. The topological polar surface area (TPSA) is 72.3 Å². The summed E-state index contributed by atoms with van der Waals surface area (Å²) in [6.45, 7) is 8.40. The molecule has 2 rings (SSSR count). The predicted molar refractivity (Wildman–Crippen MR) is 79.8 cm³/mol. The van der Waals surface area contributed by atoms with Crippen LogP contribution in [0, 0.1) is 6.92 Å². The van der Waals surface area contributed by atoms with E-state index in [1.165, 1.54) is 0 Å². The van der Waals surface area contributed by atoms with Crippen molar-refractivity contribution < 1.29 is 13.9 Å². The van der Waals surface area contributed by atoms with Gasteiger partial charge in [0.05, 0.1) is 6.20 Å². The normalized spacial score (nSPS) is 11.4. The fraction of sp³-hybridized carbons (Fsp3) is 0.533. The standard InChI is InChI=1S/C15H23N3O3/c1-4-19-14(20-5-2)10-16-8-12-9-17-18-15(12)13-7-6-11(3)21-13/h6-7,9,14,16H,4-5,8,10H2,1-3H3,(H,17,18). The zero-order valence-corrected chi connectivity index (χ0v) is 12.8. The first-order chi connectivity index (χ1) is 10.2. The Balaban J connectivity index is 1.90. The lowest BCUT2D eigenvalue weighted by Crippen LogP contribution is -2.31. The van der Waals surface area contributed by atoms with Gasteiger partial charge in [0.1, 0.15) is 11.5 Å². The Hall–Kier alpha value is -1.63. The Bertz CT molecular complexity index is 530. The molecule has 6 nitrogen and oxygen atoms in total. The van der Waals surface area contributed by atoms with Gasteiger partial charge in [0.15, 0.2) is 12.1 Å². The van der Waals surface area contributed by atoms with Crippen molar-refractivity contribution in [1.82, 2.24) is 15.5 Å². The maximum Gasteiger partial charge on any atom is 0.169 e. The van der Waals surface area contributed by atoms with Crippen molar-refractivity contribution in [3.63, 3.8) is 0 Å². The number of nitrogens with one attached hydrogen (secondary N) is 2. The highest BCUT2D eigenvalue weighted by Crippen LogP contribution is 2.23. The van der Waals surface area contributed by atoms with Gasteiger partial charge in [0.25, 0.3) is 0 Å². The van der Waals surface area contributed by atoms with Crippen LogP contribution in [0.25, 0.3) is 11.5 Å². The van der Waals surface area contributed by atoms with E-state index < -0.39 is 0 Å². The third-order valence-corrected chi connectivity index (χ3v) is 3.04. The molecule has 0 saturated carbocycles. The van der Waals surface area contributed by atoms with E-state index in [2.05, 4.69) is 15.5 Å². The minimum Gasteiger partial charge on any atom is -0.460 e. The molecule has 0 spiro atoms. The van der Waals surface area contributed by atoms with Gasteiger partial charge in [-0.15, -0.1) is 0 Å². The van der Waals surface area contributed by atoms with Crippen molar-refractivity contribution in [2.24, 2.45) is 0 Å². The molecule has 0 bridgehead atoms. The number of furan rings is 1. The molecular weight excluding hydrogens is 270 g/mol. The zero-order valence-electron chi connectivity index (χ0n) is 12.8. The van der Waals surface area contributed by atoms with Crippen LogP contribution in [0.5, 0.6) is 0 Å². The maximum absolute atomic E-state index is 5.62. The molecule has 2 aromatic rings. The molecule has 0 aliphatic carbocycles. The third-order valence-electron chi connectivity index (χ3n) is 3.04. The van der Waals surface area contributed by atoms with Gasteiger partial charge in [0.2, 0.25) is 0 Å². The molecule has 6 heteroatoms. The van der Waals surface area contributed by atoms with Crippen LogP contribution >= 0.6 is 0 Å². The van der Waals surface area contributed by atoms with Crippen molar-refractivity contribution in [2.45, 2.75) is 33.6 Å². The number of rotatable bonds is 9. The van der Waals surface area contributed by atoms with Crippen molar-refractivity contribution in [2.75, 3.05) is 19.8 Å². The van der Waals surface area contributed by atoms with Gasteiger partial charge < -0.3 is 19.2 Å². The van der Waals surface area contributed by atoms with E-state index in [0.29, 0.717) is 26.3 Å². The smallest absolute Gasteiger partial charge is 0.169 e. The molecule has 0 fully saturated rings. The second kappa shape index (κ2) is 7.97. The third kappa shape index (κ3) is 4.42. The van der Waals surface area contributed by atoms with Crippen LogP contribution in [0.1, 0.15) is 25.2 Å². The molecule has 0 aliphatic rings. The van der Waals surface area contributed by atoms with Crippen LogP contribution in [0.2, 0.25) is 0 Å². The summed E-state index contributed by atoms with van der Waals surface area (Å²) in [7, 11) is 0. The predicted octanol–water partition coefficient (Wildman–Crippen LogP) is 2.47. The molecule has 2 heterocycles. The second-order valence-electron chi connectivity index (χ2n) is 4.65. The second-order valence-corrected chi connectivity index (χ2v) is 4.65. The summed E-state index contributed by atoms with van der Waals surface area (Å²) in [4.78, 5) is 0. The van der Waals surface area contributed by atoms with E-state index in [4.69, 9.17) is 13.9 Å². The fourth-order valence-corrected chi connectivity index (χ4v) is 2.09. The summed E-state index contributed by atoms with van der Waals surface area (Å²) >= 11 is 0. The van der Waals surface area contributed by atoms with Crippen molar-refractivity contribution in [1.29, 1.82) is 0 Å². The highest BCUT2D eigenvalue weighted by Gasteiger charge is 2.12. The highest BCUT2D eigenvalue weighted by molar-refractivity contribution is 5.56. The molecule has 0 aromatic carbocycles. The van der Waals surface area contributed by atoms with Crippen molar-refractivity contribution in [3.8, 4) is 11.5 Å². The van der Waals surface area contributed by atoms with Crippen molar-refractivity contribution in [3.05, 3.63) is 29.7 Å². The molecule has 0 radical (unpaired) electrons. The Morgan fingerprint density at radius 3 is 2.67 bits per heavy atom. The minimum absolute atomic E-state index is 0.221. The van der Waals surface area contributed by atoms with E-state index in [-0.39, 0.29) is 6.29 Å². The lowest BCUT2D eigenvalue weighted by molar-refractivity contribution is -0.133. The first kappa shape index (κ1) is 15.8. The number of aromatic amines is 1. The summed E-state index contributed by atoms with van der Waals surface area (Å²) < 4.78 is 16.6. The number of ether oxygens (including phenoxy) is 2. The van der Waals surface area contributed by atoms with E-state index in [1.54, 1.807) is 6.20 Å². The quantitative estimate of drug-likeness (QED) is 0.695. The fourth-order valence-electron chi connectivity index (χ4n) is 2.09. The molecule has 0 amide bonds. The Kier molecular flexibility index (Phi) is 5.98. The number of H-pyrrole nitrogens is 1. The lowest BCUT2D eigenvalue weighted by Gasteiger charge is -2.17. The van der Waals surface area contributed by atoms with E-state index in [1.807, 2.05) is 32.9 Å². The molecular formula is C15H23N3O3. The first-order valence-electron chi connectivity index (χ1n) is 7.27. The van der Waals surface area contributed by atoms with Gasteiger partial charge in [-0.3, -0.25) is 5.10 Å². The largest absolute Gasteiger partial charge is 0.460 e. The Morgan fingerprint density at radius 1 is 1.29 bits per heavy atom. The number of hydrogen-bond acceptors (Lipinski definition) is 5. The van der Waals surface area contributed by atoms with Gasteiger partial charge in [-0.05, 0) is 32.9 Å². The minimum atomic E-state index is -0.221. The van der Waals surface area contributed by atoms with E-state index in [0.717, 1.165) is 22.8 Å². The lowest BCUT2D eigenvalue weighted by atomic mass is 10.2. The molecule has 21 heavy (non-hydrogen) atoms. The molecule has 2 aromatic heterocycles. The van der Waals surface area contributed by atoms with Gasteiger partial charge in [-0.1, -0.05) is 0 Å². The maximum atomic E-state index is 5.62. The highest BCUT2D eigenvalue weighted by atomic mass is 16.7. The Morgan fingerprint density at radius 2 is 2.05 bits per heavy atom. The zero-order chi connectivity index (χ0) is 15.1. The van der Waals surface area contributed by atoms with Crippen LogP contribution in [0.15, 0.2) is 22.7 Å². The first-order valence-corrected chi connectivity index (χ1v) is 7.27. The van der Waals surface area contributed by atoms with Crippen LogP contribution < -0.4 is 5.32 Å². The molecule has 116 valence electrons. The monoisotopic (exact) mass is 293 g/mol. The van der Waals surface area contributed by atoms with E-state index in [9.17, 15) is 0 Å². The average Bonchev–Trinajstić information content (AvgIpc) is 3.08. The van der Waals surface area contributed by atoms with Gasteiger partial charge in [-0.25, -0.2) is 0 Å². The van der Waals surface area contributed by atoms with Crippen LogP contribution in [-0.2, 0) is 16.0 Å². The van der Waals surface area contributed by atoms with Gasteiger partial charge in [-0.2, -0.15) is 5.10 Å². The summed E-state index contributed by atoms with van der Waals surface area (Å²) in [5.74, 6) is 1.68. The van der Waals surface area contributed by atoms with Crippen LogP contribution in [0.4, 0.5) is 0 Å². The number of nitrogens with zero attached hydrogens (tertiary/aromatic N) is 1. The molecule has 2 N–H and O–H groups in total. The summed E-state index contributed by atoms with van der Waals surface area (Å²) in [6, 6.07) is 3.88. The molecule has 0 atom stereocenters. The van der Waals surface area contributed by atoms with Crippen molar-refractivity contribution >= 4 is 0 Å². The van der Waals surface area contributed by atoms with Crippen LogP contribution in [-0.4, -0.2) is 36.2 Å². The van der Waals surface area contributed by atoms with Gasteiger partial charge in [0, 0.05) is 31.9 Å². The molecule has 0 aliphatic heterocycles. The molecule has 0 unspecified atom stereocenters. The number of aromatic nitrogens is 2. The summed E-state index contributed by atoms with van der Waals surface area (Å²) in [6.07, 6.45) is 1.58. The van der Waals surface area contributed by atoms with E-state index >= 15 is 0 Å². The molecule has 0 saturated heterocycles. The average molecular weight is 293 g/mol. The van der Waals surface area contributed by atoms with Gasteiger partial charge >= 0.3 is 0 Å². The number of hydrogen-bond donors (Lipinski definition) is 2. The number of aryl methyl sites for hydroxylation is 1.